The van der Waals surface area contributed by atoms with Crippen molar-refractivity contribution in [2.75, 3.05) is 6.26 Å². The molecule has 3 heteroatoms. The molecule has 0 radical (unpaired) electrons. The molecule has 0 aliphatic carbocycles. The first-order valence-electron chi connectivity index (χ1n) is 3.64. The van der Waals surface area contributed by atoms with Gasteiger partial charge in [0, 0.05) is 0 Å². The summed E-state index contributed by atoms with van der Waals surface area (Å²) >= 11 is 1.82. The maximum Gasteiger partial charge on any atom is 0.0594 e. The van der Waals surface area contributed by atoms with E-state index in [4.69, 9.17) is 0 Å². The normalized spacial score (nSPS) is 12.0. The second-order valence-electron chi connectivity index (χ2n) is 3.14. The van der Waals surface area contributed by atoms with E-state index >= 15 is 0 Å². The molecular weight excluding hydrogens is 156 g/mol. The van der Waals surface area contributed by atoms with Crippen molar-refractivity contribution in [3.05, 3.63) is 17.5 Å². The van der Waals surface area contributed by atoms with Gasteiger partial charge in [-0.2, -0.15) is 16.9 Å². The lowest BCUT2D eigenvalue weighted by molar-refractivity contribution is 0.741. The third kappa shape index (κ3) is 1.77. The summed E-state index contributed by atoms with van der Waals surface area (Å²) in [6.07, 6.45) is 2.11. The predicted octanol–water partition coefficient (Wildman–Crippen LogP) is 2.32. The highest BCUT2D eigenvalue weighted by Crippen LogP contribution is 2.31. The van der Waals surface area contributed by atoms with Crippen molar-refractivity contribution >= 4 is 11.8 Å². The molecule has 1 rings (SSSR count). The predicted molar refractivity (Wildman–Crippen MR) is 49.9 cm³/mol. The summed E-state index contributed by atoms with van der Waals surface area (Å²) in [4.78, 5) is 0. The van der Waals surface area contributed by atoms with Gasteiger partial charge in [0.25, 0.3) is 0 Å². The van der Waals surface area contributed by atoms with Gasteiger partial charge in [0.15, 0.2) is 0 Å². The van der Waals surface area contributed by atoms with Crippen LogP contribution in [0.1, 0.15) is 25.2 Å². The van der Waals surface area contributed by atoms with Gasteiger partial charge in [-0.15, -0.1) is 0 Å². The standard InChI is InChI=1S/C8H14N2S/c1-6-5-7(10-9-6)8(2,3)11-4/h5H,1-4H3,(H,9,10). The maximum atomic E-state index is 4.09. The Balaban J connectivity index is 2.92. The highest BCUT2D eigenvalue weighted by atomic mass is 32.2. The molecule has 62 valence electrons. The van der Waals surface area contributed by atoms with Crippen LogP contribution in [0.25, 0.3) is 0 Å². The Morgan fingerprint density at radius 2 is 2.18 bits per heavy atom. The van der Waals surface area contributed by atoms with E-state index in [1.165, 1.54) is 5.69 Å². The summed E-state index contributed by atoms with van der Waals surface area (Å²) < 4.78 is 0.154. The lowest BCUT2D eigenvalue weighted by Crippen LogP contribution is -2.11. The topological polar surface area (TPSA) is 28.7 Å². The van der Waals surface area contributed by atoms with Gasteiger partial charge < -0.3 is 0 Å². The number of nitrogens with zero attached hydrogens (tertiary/aromatic N) is 1. The zero-order valence-electron chi connectivity index (χ0n) is 7.43. The third-order valence-electron chi connectivity index (χ3n) is 1.86. The van der Waals surface area contributed by atoms with Crippen LogP contribution < -0.4 is 0 Å². The quantitative estimate of drug-likeness (QED) is 0.738. The molecule has 0 unspecified atom stereocenters. The van der Waals surface area contributed by atoms with Crippen LogP contribution in [-0.4, -0.2) is 16.5 Å². The molecule has 0 amide bonds. The fourth-order valence-electron chi connectivity index (χ4n) is 0.840. The van der Waals surface area contributed by atoms with Gasteiger partial charge in [0.05, 0.1) is 16.1 Å². The molecule has 0 saturated heterocycles. The number of rotatable bonds is 2. The summed E-state index contributed by atoms with van der Waals surface area (Å²) in [5, 5.41) is 7.12. The summed E-state index contributed by atoms with van der Waals surface area (Å²) in [6.45, 7) is 6.37. The molecule has 1 N–H and O–H groups in total. The second kappa shape index (κ2) is 2.89. The smallest absolute Gasteiger partial charge is 0.0594 e. The lowest BCUT2D eigenvalue weighted by atomic mass is 10.1. The largest absolute Gasteiger partial charge is 0.281 e. The van der Waals surface area contributed by atoms with Gasteiger partial charge in [-0.25, -0.2) is 0 Å². The van der Waals surface area contributed by atoms with Crippen molar-refractivity contribution in [3.8, 4) is 0 Å². The number of aryl methyl sites for hydroxylation is 1. The molecule has 0 atom stereocenters. The van der Waals surface area contributed by atoms with E-state index in [9.17, 15) is 0 Å². The van der Waals surface area contributed by atoms with Gasteiger partial charge in [0.2, 0.25) is 0 Å². The van der Waals surface area contributed by atoms with Crippen LogP contribution in [0.4, 0.5) is 0 Å². The highest BCUT2D eigenvalue weighted by Gasteiger charge is 2.20. The van der Waals surface area contributed by atoms with Crippen molar-refractivity contribution in [3.63, 3.8) is 0 Å². The first-order valence-corrected chi connectivity index (χ1v) is 4.86. The number of hydrogen-bond acceptors (Lipinski definition) is 2. The van der Waals surface area contributed by atoms with Gasteiger partial charge in [-0.05, 0) is 33.1 Å². The van der Waals surface area contributed by atoms with E-state index in [1.807, 2.05) is 18.7 Å². The van der Waals surface area contributed by atoms with Gasteiger partial charge in [-0.3, -0.25) is 5.10 Å². The van der Waals surface area contributed by atoms with Crippen LogP contribution >= 0.6 is 11.8 Å². The molecule has 0 aliphatic heterocycles. The average molecular weight is 170 g/mol. The molecule has 1 heterocycles. The Hall–Kier alpha value is -0.440. The second-order valence-corrected chi connectivity index (χ2v) is 4.57. The molecule has 2 nitrogen and oxygen atoms in total. The van der Waals surface area contributed by atoms with Crippen molar-refractivity contribution in [2.24, 2.45) is 0 Å². The molecule has 1 aromatic heterocycles. The van der Waals surface area contributed by atoms with Gasteiger partial charge in [0.1, 0.15) is 0 Å². The van der Waals surface area contributed by atoms with Crippen molar-refractivity contribution in [1.29, 1.82) is 0 Å². The van der Waals surface area contributed by atoms with Crippen molar-refractivity contribution in [2.45, 2.75) is 25.5 Å². The first-order chi connectivity index (χ1) is 5.06. The number of H-pyrrole nitrogens is 1. The molecule has 0 fully saturated rings. The maximum absolute atomic E-state index is 4.09. The molecule has 0 aromatic carbocycles. The van der Waals surface area contributed by atoms with Crippen LogP contribution in [0.2, 0.25) is 0 Å². The number of hydrogen-bond donors (Lipinski definition) is 1. The lowest BCUT2D eigenvalue weighted by Gasteiger charge is -2.19. The monoisotopic (exact) mass is 170 g/mol. The third-order valence-corrected chi connectivity index (χ3v) is 3.11. The summed E-state index contributed by atoms with van der Waals surface area (Å²) in [5.41, 5.74) is 2.25. The Morgan fingerprint density at radius 3 is 2.55 bits per heavy atom. The Morgan fingerprint density at radius 1 is 1.55 bits per heavy atom. The minimum Gasteiger partial charge on any atom is -0.281 e. The molecule has 0 saturated carbocycles. The highest BCUT2D eigenvalue weighted by molar-refractivity contribution is 7.99. The summed E-state index contributed by atoms with van der Waals surface area (Å²) in [7, 11) is 0. The zero-order valence-corrected chi connectivity index (χ0v) is 8.25. The molecule has 1 aromatic rings. The summed E-state index contributed by atoms with van der Waals surface area (Å²) in [5.74, 6) is 0. The van der Waals surface area contributed by atoms with E-state index in [1.54, 1.807) is 0 Å². The Kier molecular flexibility index (Phi) is 2.28. The number of aromatic nitrogens is 2. The molecule has 11 heavy (non-hydrogen) atoms. The average Bonchev–Trinajstić information content (AvgIpc) is 2.36. The van der Waals surface area contributed by atoms with Crippen LogP contribution in [0.5, 0.6) is 0 Å². The van der Waals surface area contributed by atoms with Crippen molar-refractivity contribution < 1.29 is 0 Å². The van der Waals surface area contributed by atoms with E-state index in [2.05, 4.69) is 36.4 Å². The summed E-state index contributed by atoms with van der Waals surface area (Å²) in [6, 6.07) is 2.09. The number of thioether (sulfide) groups is 1. The van der Waals surface area contributed by atoms with Crippen LogP contribution in [0, 0.1) is 6.92 Å². The molecule has 0 spiro atoms. The number of aromatic amines is 1. The molecule has 0 aliphatic rings. The van der Waals surface area contributed by atoms with E-state index in [0.29, 0.717) is 0 Å². The van der Waals surface area contributed by atoms with Gasteiger partial charge >= 0.3 is 0 Å². The Bertz CT molecular complexity index is 240. The van der Waals surface area contributed by atoms with Crippen LogP contribution in [-0.2, 0) is 4.75 Å². The van der Waals surface area contributed by atoms with E-state index < -0.39 is 0 Å². The first kappa shape index (κ1) is 8.65. The fourth-order valence-corrected chi connectivity index (χ4v) is 1.16. The molecular formula is C8H14N2S. The molecule has 0 bridgehead atoms. The van der Waals surface area contributed by atoms with Crippen LogP contribution in [0.15, 0.2) is 6.07 Å². The zero-order chi connectivity index (χ0) is 8.48. The SMILES string of the molecule is CSC(C)(C)c1cc(C)n[nH]1. The Labute approximate surface area is 71.8 Å². The van der Waals surface area contributed by atoms with E-state index in [-0.39, 0.29) is 4.75 Å². The van der Waals surface area contributed by atoms with Crippen molar-refractivity contribution in [1.82, 2.24) is 10.2 Å². The van der Waals surface area contributed by atoms with Crippen LogP contribution in [0.3, 0.4) is 0 Å². The van der Waals surface area contributed by atoms with E-state index in [0.717, 1.165) is 5.69 Å². The fraction of sp³-hybridized carbons (Fsp3) is 0.625. The minimum absolute atomic E-state index is 0.154. The number of nitrogens with one attached hydrogen (secondary N) is 1. The van der Waals surface area contributed by atoms with Gasteiger partial charge in [-0.1, -0.05) is 0 Å². The minimum atomic E-state index is 0.154.